The van der Waals surface area contributed by atoms with Crippen molar-refractivity contribution in [3.8, 4) is 0 Å². The van der Waals surface area contributed by atoms with Gasteiger partial charge in [-0.05, 0) is 33.2 Å². The summed E-state index contributed by atoms with van der Waals surface area (Å²) >= 11 is 0. The average molecular weight is 284 g/mol. The summed E-state index contributed by atoms with van der Waals surface area (Å²) in [5.41, 5.74) is 3.52. The Labute approximate surface area is 126 Å². The van der Waals surface area contributed by atoms with Crippen molar-refractivity contribution in [2.45, 2.75) is 19.5 Å². The molecule has 3 rings (SSSR count). The predicted molar refractivity (Wildman–Crippen MR) is 88.8 cm³/mol. The Bertz CT molecular complexity index is 625. The van der Waals surface area contributed by atoms with E-state index >= 15 is 0 Å². The van der Waals surface area contributed by atoms with Crippen LogP contribution in [0, 0.1) is 0 Å². The topological polar surface area (TPSA) is 31.4 Å². The van der Waals surface area contributed by atoms with Crippen LogP contribution in [0.4, 0.5) is 5.69 Å². The molecule has 0 bridgehead atoms. The molecule has 4 heteroatoms. The monoisotopic (exact) mass is 284 g/mol. The maximum atomic E-state index is 4.76. The fourth-order valence-electron chi connectivity index (χ4n) is 3.22. The van der Waals surface area contributed by atoms with Crippen LogP contribution in [0.25, 0.3) is 10.9 Å². The first kappa shape index (κ1) is 14.3. The molecule has 0 radical (unpaired) electrons. The Morgan fingerprint density at radius 2 is 2.10 bits per heavy atom. The van der Waals surface area contributed by atoms with Gasteiger partial charge in [0.15, 0.2) is 0 Å². The fraction of sp³-hybridized carbons (Fsp3) is 0.471. The summed E-state index contributed by atoms with van der Waals surface area (Å²) in [5.74, 6) is 0. The van der Waals surface area contributed by atoms with E-state index in [0.29, 0.717) is 6.04 Å². The van der Waals surface area contributed by atoms with E-state index in [1.807, 2.05) is 7.05 Å². The molecule has 1 N–H and O–H groups in total. The van der Waals surface area contributed by atoms with Crippen molar-refractivity contribution >= 4 is 16.6 Å². The van der Waals surface area contributed by atoms with E-state index in [4.69, 9.17) is 4.98 Å². The van der Waals surface area contributed by atoms with Gasteiger partial charge in [-0.2, -0.15) is 0 Å². The van der Waals surface area contributed by atoms with Gasteiger partial charge in [0.25, 0.3) is 0 Å². The molecular weight excluding hydrogens is 260 g/mol. The average Bonchev–Trinajstić information content (AvgIpc) is 2.47. The Balaban J connectivity index is 2.07. The van der Waals surface area contributed by atoms with Gasteiger partial charge in [-0.15, -0.1) is 0 Å². The molecule has 4 nitrogen and oxygen atoms in total. The molecule has 1 fully saturated rings. The second-order valence-electron chi connectivity index (χ2n) is 5.98. The molecule has 2 aromatic rings. The minimum Gasteiger partial charge on any atom is -0.366 e. The van der Waals surface area contributed by atoms with Crippen molar-refractivity contribution in [3.63, 3.8) is 0 Å². The van der Waals surface area contributed by atoms with Crippen LogP contribution in [0.15, 0.2) is 30.3 Å². The quantitative estimate of drug-likeness (QED) is 0.935. The molecule has 2 heterocycles. The Morgan fingerprint density at radius 1 is 1.29 bits per heavy atom. The van der Waals surface area contributed by atoms with Gasteiger partial charge in [-0.3, -0.25) is 4.98 Å². The van der Waals surface area contributed by atoms with E-state index in [-0.39, 0.29) is 0 Å². The van der Waals surface area contributed by atoms with Crippen molar-refractivity contribution < 1.29 is 0 Å². The predicted octanol–water partition coefficient (Wildman–Crippen LogP) is 2.09. The molecule has 0 saturated carbocycles. The number of nitrogens with zero attached hydrogens (tertiary/aromatic N) is 3. The van der Waals surface area contributed by atoms with E-state index in [1.165, 1.54) is 11.1 Å². The van der Waals surface area contributed by atoms with Gasteiger partial charge in [0.2, 0.25) is 0 Å². The smallest absolute Gasteiger partial charge is 0.0726 e. The SMILES string of the molecule is CNCc1cc(N2CCN(C)CC2C)c2ccccc2n1. The molecule has 1 aliphatic heterocycles. The second kappa shape index (κ2) is 6.00. The van der Waals surface area contributed by atoms with Crippen molar-refractivity contribution in [1.82, 2.24) is 15.2 Å². The lowest BCUT2D eigenvalue weighted by atomic mass is 10.1. The van der Waals surface area contributed by atoms with Gasteiger partial charge in [0.1, 0.15) is 0 Å². The molecule has 0 amide bonds. The summed E-state index contributed by atoms with van der Waals surface area (Å²) in [6, 6.07) is 11.2. The number of hydrogen-bond donors (Lipinski definition) is 1. The van der Waals surface area contributed by atoms with Gasteiger partial charge in [-0.1, -0.05) is 18.2 Å². The molecule has 112 valence electrons. The van der Waals surface area contributed by atoms with Gasteiger partial charge >= 0.3 is 0 Å². The van der Waals surface area contributed by atoms with Crippen molar-refractivity contribution in [2.75, 3.05) is 38.6 Å². The largest absolute Gasteiger partial charge is 0.366 e. The van der Waals surface area contributed by atoms with Gasteiger partial charge in [-0.25, -0.2) is 0 Å². The zero-order valence-corrected chi connectivity index (χ0v) is 13.1. The van der Waals surface area contributed by atoms with Gasteiger partial charge in [0.05, 0.1) is 11.2 Å². The number of piperazine rings is 1. The minimum atomic E-state index is 0.525. The number of benzene rings is 1. The molecule has 1 aliphatic rings. The van der Waals surface area contributed by atoms with Crippen molar-refractivity contribution in [3.05, 3.63) is 36.0 Å². The lowest BCUT2D eigenvalue weighted by molar-refractivity contribution is 0.276. The van der Waals surface area contributed by atoms with E-state index < -0.39 is 0 Å². The number of rotatable bonds is 3. The third-order valence-electron chi connectivity index (χ3n) is 4.25. The van der Waals surface area contributed by atoms with Crippen LogP contribution < -0.4 is 10.2 Å². The van der Waals surface area contributed by atoms with Crippen LogP contribution in [0.2, 0.25) is 0 Å². The van der Waals surface area contributed by atoms with Crippen LogP contribution in [0.1, 0.15) is 12.6 Å². The molecule has 1 unspecified atom stereocenters. The van der Waals surface area contributed by atoms with E-state index in [0.717, 1.165) is 37.4 Å². The van der Waals surface area contributed by atoms with Crippen molar-refractivity contribution in [1.29, 1.82) is 0 Å². The molecule has 1 atom stereocenters. The van der Waals surface area contributed by atoms with Crippen LogP contribution in [-0.2, 0) is 6.54 Å². The van der Waals surface area contributed by atoms with Crippen molar-refractivity contribution in [2.24, 2.45) is 0 Å². The van der Waals surface area contributed by atoms with Crippen LogP contribution in [0.5, 0.6) is 0 Å². The lowest BCUT2D eigenvalue weighted by Gasteiger charge is -2.40. The van der Waals surface area contributed by atoms with E-state index in [9.17, 15) is 0 Å². The number of nitrogens with one attached hydrogen (secondary N) is 1. The Hall–Kier alpha value is -1.65. The number of anilines is 1. The normalized spacial score (nSPS) is 20.1. The van der Waals surface area contributed by atoms with Gasteiger partial charge < -0.3 is 15.1 Å². The number of fused-ring (bicyclic) bond motifs is 1. The highest BCUT2D eigenvalue weighted by molar-refractivity contribution is 5.92. The number of para-hydroxylation sites is 1. The summed E-state index contributed by atoms with van der Waals surface area (Å²) in [6.07, 6.45) is 0. The summed E-state index contributed by atoms with van der Waals surface area (Å²) in [4.78, 5) is 9.69. The number of hydrogen-bond acceptors (Lipinski definition) is 4. The third kappa shape index (κ3) is 2.87. The summed E-state index contributed by atoms with van der Waals surface area (Å²) in [6.45, 7) is 6.41. The highest BCUT2D eigenvalue weighted by atomic mass is 15.3. The summed E-state index contributed by atoms with van der Waals surface area (Å²) in [5, 5.41) is 4.47. The molecule has 0 spiro atoms. The standard InChI is InChI=1S/C17H24N4/c1-13-12-20(3)8-9-21(13)17-10-14(11-18-2)19-16-7-5-4-6-15(16)17/h4-7,10,13,18H,8-9,11-12H2,1-3H3. The maximum absolute atomic E-state index is 4.76. The van der Waals surface area contributed by atoms with Crippen LogP contribution in [-0.4, -0.2) is 49.7 Å². The number of pyridine rings is 1. The third-order valence-corrected chi connectivity index (χ3v) is 4.25. The summed E-state index contributed by atoms with van der Waals surface area (Å²) < 4.78 is 0. The van der Waals surface area contributed by atoms with Crippen LogP contribution >= 0.6 is 0 Å². The Kier molecular flexibility index (Phi) is 4.08. The first-order valence-electron chi connectivity index (χ1n) is 7.67. The fourth-order valence-corrected chi connectivity index (χ4v) is 3.22. The highest BCUT2D eigenvalue weighted by Crippen LogP contribution is 2.29. The lowest BCUT2D eigenvalue weighted by Crippen LogP contribution is -2.50. The highest BCUT2D eigenvalue weighted by Gasteiger charge is 2.23. The molecular formula is C17H24N4. The first-order valence-corrected chi connectivity index (χ1v) is 7.67. The summed E-state index contributed by atoms with van der Waals surface area (Å²) in [7, 11) is 4.17. The maximum Gasteiger partial charge on any atom is 0.0726 e. The zero-order valence-electron chi connectivity index (χ0n) is 13.1. The first-order chi connectivity index (χ1) is 10.2. The molecule has 1 aromatic carbocycles. The van der Waals surface area contributed by atoms with E-state index in [2.05, 4.69) is 59.4 Å². The minimum absolute atomic E-state index is 0.525. The van der Waals surface area contributed by atoms with E-state index in [1.54, 1.807) is 0 Å². The molecule has 0 aliphatic carbocycles. The molecule has 1 saturated heterocycles. The molecule has 1 aromatic heterocycles. The number of likely N-dealkylation sites (N-methyl/N-ethyl adjacent to an activating group) is 1. The van der Waals surface area contributed by atoms with Crippen LogP contribution in [0.3, 0.4) is 0 Å². The molecule has 21 heavy (non-hydrogen) atoms. The number of aromatic nitrogens is 1. The Morgan fingerprint density at radius 3 is 2.86 bits per heavy atom. The zero-order chi connectivity index (χ0) is 14.8. The van der Waals surface area contributed by atoms with Gasteiger partial charge in [0, 0.05) is 43.3 Å². The second-order valence-corrected chi connectivity index (χ2v) is 5.98.